The second-order valence-electron chi connectivity index (χ2n) is 9.93. The van der Waals surface area contributed by atoms with Crippen LogP contribution in [-0.2, 0) is 51.2 Å². The van der Waals surface area contributed by atoms with Crippen molar-refractivity contribution < 1.29 is 47.9 Å². The van der Waals surface area contributed by atoms with E-state index >= 15 is 0 Å². The van der Waals surface area contributed by atoms with Gasteiger partial charge in [-0.25, -0.2) is 14.4 Å². The molecule has 0 amide bonds. The first-order valence-electron chi connectivity index (χ1n) is 14.3. The zero-order valence-electron chi connectivity index (χ0n) is 24.9. The summed E-state index contributed by atoms with van der Waals surface area (Å²) in [4.78, 5) is 38.1. The predicted octanol–water partition coefficient (Wildman–Crippen LogP) is 4.35. The number of nitrogens with one attached hydrogen (secondary N) is 1. The van der Waals surface area contributed by atoms with E-state index in [0.717, 1.165) is 18.2 Å². The summed E-state index contributed by atoms with van der Waals surface area (Å²) in [6.07, 6.45) is -4.46. The fourth-order valence-electron chi connectivity index (χ4n) is 4.70. The molecule has 4 rings (SSSR count). The third-order valence-electron chi connectivity index (χ3n) is 6.91. The second-order valence-corrected chi connectivity index (χ2v) is 9.93. The van der Waals surface area contributed by atoms with Crippen LogP contribution in [0.3, 0.4) is 0 Å². The summed E-state index contributed by atoms with van der Waals surface area (Å²) in [5.41, 5.74) is 0.283. The van der Waals surface area contributed by atoms with E-state index in [0.29, 0.717) is 5.56 Å². The summed E-state index contributed by atoms with van der Waals surface area (Å²) >= 11 is 0. The largest absolute Gasteiger partial charge is 0.508 e. The Hall–Kier alpha value is -4.84. The fraction of sp³-hybridized carbons (Fsp3) is 0.294. The highest BCUT2D eigenvalue weighted by Gasteiger charge is 2.50. The van der Waals surface area contributed by atoms with Gasteiger partial charge in [0, 0.05) is 0 Å². The van der Waals surface area contributed by atoms with Gasteiger partial charge in [0.1, 0.15) is 42.4 Å². The molecule has 1 aliphatic rings. The van der Waals surface area contributed by atoms with Gasteiger partial charge in [-0.2, -0.15) is 0 Å². The molecule has 3 aromatic carbocycles. The monoisotopic (exact) mass is 617 g/mol. The Kier molecular flexibility index (Phi) is 12.0. The molecule has 1 heterocycles. The molecular formula is C34H35NO10. The number of rotatable bonds is 14. The topological polar surface area (TPSA) is 151 Å². The molecule has 1 aliphatic heterocycles. The standard InChI is InChI=1S/C34H35NO10/c1-3-41-33(38)26(27(35)34(39)40-2)28(36)30-31(43-20-23-15-9-5-10-16-23)29(42-19-22-13-7-4-8-14-22)25(45-30)21-44-32(37)24-17-11-6-12-18-24/h4-18,25,29-31,35-36H,3,19-21H2,1-2H3/b28-26+,35-27?/t25-,29-,30+,31-/m1/s1. The van der Waals surface area contributed by atoms with E-state index < -0.39 is 59.4 Å². The molecule has 0 bridgehead atoms. The van der Waals surface area contributed by atoms with Crippen molar-refractivity contribution in [3.8, 4) is 0 Å². The van der Waals surface area contributed by atoms with E-state index in [-0.39, 0.29) is 26.4 Å². The lowest BCUT2D eigenvalue weighted by atomic mass is 10.0. The van der Waals surface area contributed by atoms with E-state index in [2.05, 4.69) is 4.74 Å². The van der Waals surface area contributed by atoms with Crippen molar-refractivity contribution in [3.63, 3.8) is 0 Å². The van der Waals surface area contributed by atoms with Gasteiger partial charge in [-0.3, -0.25) is 5.41 Å². The number of carbonyl (C=O) groups excluding carboxylic acids is 3. The highest BCUT2D eigenvalue weighted by atomic mass is 16.6. The van der Waals surface area contributed by atoms with Crippen molar-refractivity contribution in [2.75, 3.05) is 20.3 Å². The molecule has 11 nitrogen and oxygen atoms in total. The van der Waals surface area contributed by atoms with Crippen molar-refractivity contribution in [3.05, 3.63) is 119 Å². The molecule has 2 N–H and O–H groups in total. The number of hydrogen-bond acceptors (Lipinski definition) is 11. The molecule has 1 fully saturated rings. The van der Waals surface area contributed by atoms with Crippen LogP contribution in [0.2, 0.25) is 0 Å². The van der Waals surface area contributed by atoms with E-state index in [1.54, 1.807) is 30.3 Å². The van der Waals surface area contributed by atoms with E-state index in [1.807, 2.05) is 60.7 Å². The minimum absolute atomic E-state index is 0.0591. The zero-order valence-corrected chi connectivity index (χ0v) is 24.9. The predicted molar refractivity (Wildman–Crippen MR) is 161 cm³/mol. The third-order valence-corrected chi connectivity index (χ3v) is 6.91. The Balaban J connectivity index is 1.72. The van der Waals surface area contributed by atoms with Gasteiger partial charge >= 0.3 is 17.9 Å². The van der Waals surface area contributed by atoms with E-state index in [4.69, 9.17) is 29.1 Å². The van der Waals surface area contributed by atoms with Gasteiger partial charge in [0.25, 0.3) is 0 Å². The lowest BCUT2D eigenvalue weighted by Gasteiger charge is -2.25. The number of aliphatic hydroxyl groups is 1. The molecule has 1 saturated heterocycles. The highest BCUT2D eigenvalue weighted by Crippen LogP contribution is 2.33. The highest BCUT2D eigenvalue weighted by molar-refractivity contribution is 6.48. The van der Waals surface area contributed by atoms with Gasteiger partial charge in [-0.05, 0) is 30.2 Å². The molecule has 3 aromatic rings. The molecule has 236 valence electrons. The number of aliphatic hydroxyl groups excluding tert-OH is 1. The minimum Gasteiger partial charge on any atom is -0.508 e. The average molecular weight is 618 g/mol. The molecule has 11 heteroatoms. The minimum atomic E-state index is -1.43. The van der Waals surface area contributed by atoms with Crippen LogP contribution in [0.1, 0.15) is 28.4 Å². The number of carbonyl (C=O) groups is 3. The normalized spacial score (nSPS) is 19.7. The fourth-order valence-corrected chi connectivity index (χ4v) is 4.70. The first kappa shape index (κ1) is 33.1. The summed E-state index contributed by atoms with van der Waals surface area (Å²) in [6.45, 7) is 1.32. The summed E-state index contributed by atoms with van der Waals surface area (Å²) in [5.74, 6) is -3.69. The van der Waals surface area contributed by atoms with Gasteiger partial charge in [0.05, 0.1) is 32.5 Å². The molecular weight excluding hydrogens is 582 g/mol. The third kappa shape index (κ3) is 8.63. The van der Waals surface area contributed by atoms with Crippen molar-refractivity contribution in [2.24, 2.45) is 0 Å². The van der Waals surface area contributed by atoms with Crippen LogP contribution < -0.4 is 0 Å². The van der Waals surface area contributed by atoms with Crippen molar-refractivity contribution >= 4 is 23.6 Å². The molecule has 0 spiro atoms. The lowest BCUT2D eigenvalue weighted by molar-refractivity contribution is -0.139. The molecule has 4 atom stereocenters. The number of hydrogen-bond donors (Lipinski definition) is 2. The Morgan fingerprint density at radius 1 is 0.778 bits per heavy atom. The Morgan fingerprint density at radius 3 is 1.84 bits per heavy atom. The summed E-state index contributed by atoms with van der Waals surface area (Å²) in [5, 5.41) is 19.8. The Morgan fingerprint density at radius 2 is 1.31 bits per heavy atom. The molecule has 0 radical (unpaired) electrons. The zero-order chi connectivity index (χ0) is 32.2. The second kappa shape index (κ2) is 16.3. The van der Waals surface area contributed by atoms with Gasteiger partial charge in [-0.1, -0.05) is 78.9 Å². The molecule has 0 aliphatic carbocycles. The van der Waals surface area contributed by atoms with Crippen LogP contribution in [0.15, 0.2) is 102 Å². The van der Waals surface area contributed by atoms with Crippen LogP contribution in [0.25, 0.3) is 0 Å². The van der Waals surface area contributed by atoms with Crippen molar-refractivity contribution in [1.29, 1.82) is 5.41 Å². The maximum atomic E-state index is 12.9. The molecule has 0 saturated carbocycles. The summed E-state index contributed by atoms with van der Waals surface area (Å²) in [6, 6.07) is 26.9. The molecule has 45 heavy (non-hydrogen) atoms. The quantitative estimate of drug-likeness (QED) is 0.0879. The number of ether oxygens (including phenoxy) is 6. The number of methoxy groups -OCH3 is 1. The average Bonchev–Trinajstić information content (AvgIpc) is 3.43. The van der Waals surface area contributed by atoms with Gasteiger partial charge in [-0.15, -0.1) is 0 Å². The first-order chi connectivity index (χ1) is 21.8. The van der Waals surface area contributed by atoms with E-state index in [9.17, 15) is 19.5 Å². The van der Waals surface area contributed by atoms with E-state index in [1.165, 1.54) is 6.92 Å². The molecule has 0 aromatic heterocycles. The van der Waals surface area contributed by atoms with Gasteiger partial charge < -0.3 is 33.5 Å². The maximum absolute atomic E-state index is 12.9. The van der Waals surface area contributed by atoms with Crippen LogP contribution in [0, 0.1) is 5.41 Å². The number of benzene rings is 3. The van der Waals surface area contributed by atoms with Crippen LogP contribution in [0.4, 0.5) is 0 Å². The lowest BCUT2D eigenvalue weighted by Crippen LogP contribution is -2.40. The SMILES string of the molecule is CCOC(=O)/C(C(=N)C(=O)OC)=C(/O)[C@@H]1O[C@H](COC(=O)c2ccccc2)[C@@H](OCc2ccccc2)[C@H]1OCc1ccccc1. The smallest absolute Gasteiger partial charge is 0.356 e. The van der Waals surface area contributed by atoms with Crippen molar-refractivity contribution in [2.45, 2.75) is 44.6 Å². The Bertz CT molecular complexity index is 1480. The number of esters is 3. The van der Waals surface area contributed by atoms with Crippen molar-refractivity contribution in [1.82, 2.24) is 0 Å². The van der Waals surface area contributed by atoms with Crippen LogP contribution in [-0.4, -0.2) is 73.5 Å². The summed E-state index contributed by atoms with van der Waals surface area (Å²) in [7, 11) is 1.04. The van der Waals surface area contributed by atoms with Gasteiger partial charge in [0.15, 0.2) is 5.71 Å². The summed E-state index contributed by atoms with van der Waals surface area (Å²) < 4.78 is 34.0. The van der Waals surface area contributed by atoms with Crippen LogP contribution in [0.5, 0.6) is 0 Å². The van der Waals surface area contributed by atoms with Gasteiger partial charge in [0.2, 0.25) is 0 Å². The Labute approximate surface area is 260 Å². The first-order valence-corrected chi connectivity index (χ1v) is 14.3. The maximum Gasteiger partial charge on any atom is 0.356 e. The van der Waals surface area contributed by atoms with Crippen LogP contribution >= 0.6 is 0 Å². The molecule has 0 unspecified atom stereocenters.